The van der Waals surface area contributed by atoms with Crippen molar-refractivity contribution in [2.24, 2.45) is 5.73 Å². The standard InChI is InChI=1S/C12H16FNO3S/c1-2-18(16,17)11-10(12(11,14)7-15)8-4-3-5-9(13)6-8/h3-6,10-11,15H,2,7,14H2,1H3/t10-,11+,12+/m0/s1. The molecule has 0 aromatic heterocycles. The maximum absolute atomic E-state index is 13.2. The van der Waals surface area contributed by atoms with E-state index in [0.717, 1.165) is 0 Å². The highest BCUT2D eigenvalue weighted by molar-refractivity contribution is 7.92. The van der Waals surface area contributed by atoms with Gasteiger partial charge >= 0.3 is 0 Å². The molecule has 3 atom stereocenters. The normalized spacial score (nSPS) is 31.3. The lowest BCUT2D eigenvalue weighted by Gasteiger charge is -2.07. The molecule has 18 heavy (non-hydrogen) atoms. The Hall–Kier alpha value is -0.980. The predicted molar refractivity (Wildman–Crippen MR) is 66.4 cm³/mol. The summed E-state index contributed by atoms with van der Waals surface area (Å²) < 4.78 is 37.0. The molecule has 0 spiro atoms. The van der Waals surface area contributed by atoms with Crippen LogP contribution in [0.2, 0.25) is 0 Å². The van der Waals surface area contributed by atoms with E-state index in [-0.39, 0.29) is 5.75 Å². The third-order valence-corrected chi connectivity index (χ3v) is 5.86. The number of hydrogen-bond donors (Lipinski definition) is 2. The average Bonchev–Trinajstić information content (AvgIpc) is 2.98. The Balaban J connectivity index is 2.40. The average molecular weight is 273 g/mol. The van der Waals surface area contributed by atoms with Gasteiger partial charge in [0.2, 0.25) is 0 Å². The van der Waals surface area contributed by atoms with Gasteiger partial charge in [-0.3, -0.25) is 0 Å². The lowest BCUT2D eigenvalue weighted by Crippen LogP contribution is -2.35. The van der Waals surface area contributed by atoms with Gasteiger partial charge in [-0.2, -0.15) is 0 Å². The number of hydrogen-bond acceptors (Lipinski definition) is 4. The molecule has 2 rings (SSSR count). The number of benzene rings is 1. The van der Waals surface area contributed by atoms with Gasteiger partial charge in [0.25, 0.3) is 0 Å². The maximum Gasteiger partial charge on any atom is 0.155 e. The van der Waals surface area contributed by atoms with Crippen LogP contribution in [0, 0.1) is 5.82 Å². The van der Waals surface area contributed by atoms with E-state index in [1.165, 1.54) is 25.1 Å². The van der Waals surface area contributed by atoms with Crippen LogP contribution in [0.15, 0.2) is 24.3 Å². The first kappa shape index (κ1) is 13.5. The molecule has 4 nitrogen and oxygen atoms in total. The Morgan fingerprint density at radius 3 is 2.67 bits per heavy atom. The van der Waals surface area contributed by atoms with Crippen molar-refractivity contribution in [1.29, 1.82) is 0 Å². The van der Waals surface area contributed by atoms with Crippen LogP contribution in [0.1, 0.15) is 18.4 Å². The Bertz CT molecular complexity index is 560. The predicted octanol–water partition coefficient (Wildman–Crippen LogP) is 0.416. The first-order valence-electron chi connectivity index (χ1n) is 5.73. The van der Waals surface area contributed by atoms with Crippen molar-refractivity contribution in [3.8, 4) is 0 Å². The minimum atomic E-state index is -3.36. The summed E-state index contributed by atoms with van der Waals surface area (Å²) in [7, 11) is -3.36. The van der Waals surface area contributed by atoms with Crippen molar-refractivity contribution in [2.45, 2.75) is 23.6 Å². The van der Waals surface area contributed by atoms with Gasteiger partial charge in [-0.15, -0.1) is 0 Å². The summed E-state index contributed by atoms with van der Waals surface area (Å²) in [5.74, 6) is -1.02. The summed E-state index contributed by atoms with van der Waals surface area (Å²) in [6, 6.07) is 5.70. The van der Waals surface area contributed by atoms with Crippen molar-refractivity contribution in [2.75, 3.05) is 12.4 Å². The topological polar surface area (TPSA) is 80.4 Å². The van der Waals surface area contributed by atoms with Crippen molar-refractivity contribution >= 4 is 9.84 Å². The maximum atomic E-state index is 13.2. The first-order chi connectivity index (χ1) is 8.36. The number of nitrogens with two attached hydrogens (primary N) is 1. The summed E-state index contributed by atoms with van der Waals surface area (Å²) in [5, 5.41) is 8.48. The molecule has 0 aliphatic heterocycles. The summed E-state index contributed by atoms with van der Waals surface area (Å²) in [6.45, 7) is 1.10. The van der Waals surface area contributed by atoms with Crippen LogP contribution in [0.3, 0.4) is 0 Å². The van der Waals surface area contributed by atoms with Crippen molar-refractivity contribution in [3.05, 3.63) is 35.6 Å². The molecule has 0 unspecified atom stereocenters. The molecule has 0 bridgehead atoms. The Morgan fingerprint density at radius 1 is 1.50 bits per heavy atom. The van der Waals surface area contributed by atoms with Crippen LogP contribution >= 0.6 is 0 Å². The van der Waals surface area contributed by atoms with Crippen LogP contribution in [0.4, 0.5) is 4.39 Å². The summed E-state index contributed by atoms with van der Waals surface area (Å²) in [6.07, 6.45) is 0. The minimum Gasteiger partial charge on any atom is -0.394 e. The van der Waals surface area contributed by atoms with E-state index in [1.54, 1.807) is 6.07 Å². The smallest absolute Gasteiger partial charge is 0.155 e. The Kier molecular flexibility index (Phi) is 3.21. The van der Waals surface area contributed by atoms with Crippen LogP contribution < -0.4 is 5.73 Å². The first-order valence-corrected chi connectivity index (χ1v) is 7.45. The fourth-order valence-electron chi connectivity index (χ4n) is 2.52. The SMILES string of the molecule is CCS(=O)(=O)[C@@H]1[C@H](c2cccc(F)c2)[C@]1(N)CO. The van der Waals surface area contributed by atoms with E-state index in [1.807, 2.05) is 0 Å². The fraction of sp³-hybridized carbons (Fsp3) is 0.500. The van der Waals surface area contributed by atoms with E-state index in [4.69, 9.17) is 5.73 Å². The van der Waals surface area contributed by atoms with Crippen LogP contribution in [-0.4, -0.2) is 36.7 Å². The van der Waals surface area contributed by atoms with Crippen molar-refractivity contribution in [3.63, 3.8) is 0 Å². The van der Waals surface area contributed by atoms with Gasteiger partial charge in [0, 0.05) is 11.7 Å². The summed E-state index contributed by atoms with van der Waals surface area (Å²) in [4.78, 5) is 0. The zero-order valence-corrected chi connectivity index (χ0v) is 10.8. The molecule has 1 fully saturated rings. The molecule has 0 amide bonds. The second kappa shape index (κ2) is 4.29. The number of aliphatic hydroxyl groups is 1. The molecule has 6 heteroatoms. The van der Waals surface area contributed by atoms with E-state index >= 15 is 0 Å². The van der Waals surface area contributed by atoms with Crippen LogP contribution in [0.25, 0.3) is 0 Å². The van der Waals surface area contributed by atoms with Crippen LogP contribution in [0.5, 0.6) is 0 Å². The van der Waals surface area contributed by atoms with Gasteiger partial charge in [0.15, 0.2) is 9.84 Å². The molecule has 1 aliphatic carbocycles. The van der Waals surface area contributed by atoms with E-state index in [0.29, 0.717) is 5.56 Å². The molecule has 0 saturated heterocycles. The Morgan fingerprint density at radius 2 is 2.17 bits per heavy atom. The van der Waals surface area contributed by atoms with Gasteiger partial charge in [-0.05, 0) is 17.7 Å². The molecule has 0 radical (unpaired) electrons. The largest absolute Gasteiger partial charge is 0.394 e. The highest BCUT2D eigenvalue weighted by Gasteiger charge is 2.68. The molecule has 1 aromatic carbocycles. The fourth-order valence-corrected chi connectivity index (χ4v) is 4.51. The number of rotatable bonds is 4. The quantitative estimate of drug-likeness (QED) is 0.833. The van der Waals surface area contributed by atoms with E-state index in [2.05, 4.69) is 0 Å². The highest BCUT2D eigenvalue weighted by atomic mass is 32.2. The Labute approximate surface area is 106 Å². The van der Waals surface area contributed by atoms with Gasteiger partial charge in [0.1, 0.15) is 5.82 Å². The van der Waals surface area contributed by atoms with Crippen molar-refractivity contribution < 1.29 is 17.9 Å². The third-order valence-electron chi connectivity index (χ3n) is 3.57. The molecule has 0 heterocycles. The molecule has 1 aliphatic rings. The molecular weight excluding hydrogens is 257 g/mol. The monoisotopic (exact) mass is 273 g/mol. The summed E-state index contributed by atoms with van der Waals surface area (Å²) in [5.41, 5.74) is 5.26. The van der Waals surface area contributed by atoms with Crippen LogP contribution in [-0.2, 0) is 9.84 Å². The van der Waals surface area contributed by atoms with Gasteiger partial charge in [-0.1, -0.05) is 19.1 Å². The van der Waals surface area contributed by atoms with Crippen molar-refractivity contribution in [1.82, 2.24) is 0 Å². The lowest BCUT2D eigenvalue weighted by molar-refractivity contribution is 0.253. The zero-order valence-electron chi connectivity index (χ0n) is 10.0. The molecular formula is C12H16FNO3S. The lowest BCUT2D eigenvalue weighted by atomic mass is 10.1. The zero-order chi connectivity index (χ0) is 13.6. The minimum absolute atomic E-state index is 0.0393. The number of sulfone groups is 1. The van der Waals surface area contributed by atoms with Gasteiger partial charge < -0.3 is 10.8 Å². The molecule has 3 N–H and O–H groups in total. The van der Waals surface area contributed by atoms with Gasteiger partial charge in [0.05, 0.1) is 17.4 Å². The third kappa shape index (κ3) is 1.94. The number of halogens is 1. The second-order valence-corrected chi connectivity index (χ2v) is 7.09. The number of aliphatic hydroxyl groups excluding tert-OH is 1. The highest BCUT2D eigenvalue weighted by Crippen LogP contribution is 2.54. The van der Waals surface area contributed by atoms with E-state index < -0.39 is 39.0 Å². The van der Waals surface area contributed by atoms with E-state index in [9.17, 15) is 17.9 Å². The summed E-state index contributed by atoms with van der Waals surface area (Å²) >= 11 is 0. The second-order valence-electron chi connectivity index (χ2n) is 4.68. The molecule has 100 valence electrons. The molecule has 1 saturated carbocycles. The van der Waals surface area contributed by atoms with Gasteiger partial charge in [-0.25, -0.2) is 12.8 Å². The molecule has 1 aromatic rings.